The lowest BCUT2D eigenvalue weighted by Crippen LogP contribution is -2.29. The second-order valence-electron chi connectivity index (χ2n) is 4.94. The highest BCUT2D eigenvalue weighted by molar-refractivity contribution is 7.10. The van der Waals surface area contributed by atoms with Gasteiger partial charge in [0.05, 0.1) is 12.6 Å². The molecule has 0 saturated heterocycles. The maximum atomic E-state index is 5.40. The van der Waals surface area contributed by atoms with Crippen LogP contribution in [-0.2, 0) is 4.74 Å². The fourth-order valence-corrected chi connectivity index (χ4v) is 3.24. The molecule has 0 bridgehead atoms. The van der Waals surface area contributed by atoms with Crippen LogP contribution in [0.4, 0.5) is 0 Å². The standard InChI is InChI=1S/C17H23NOS/c1-3-8-15(17-11-7-12-20-17)18-16(13-19-2)14-9-5-4-6-10-14/h4-7,9-12,15-16,18H,3,8,13H2,1-2H3. The summed E-state index contributed by atoms with van der Waals surface area (Å²) in [6.07, 6.45) is 2.32. The molecule has 1 aromatic heterocycles. The summed E-state index contributed by atoms with van der Waals surface area (Å²) in [5.41, 5.74) is 1.28. The first-order valence-corrected chi connectivity index (χ1v) is 8.06. The molecule has 0 spiro atoms. The number of nitrogens with one attached hydrogen (secondary N) is 1. The summed E-state index contributed by atoms with van der Waals surface area (Å²) < 4.78 is 5.40. The predicted octanol–water partition coefficient (Wildman–Crippen LogP) is 4.57. The van der Waals surface area contributed by atoms with Crippen LogP contribution >= 0.6 is 11.3 Å². The SMILES string of the molecule is CCCC(NC(COC)c1ccccc1)c1cccs1. The largest absolute Gasteiger partial charge is 0.383 e. The van der Waals surface area contributed by atoms with Gasteiger partial charge in [-0.2, -0.15) is 0 Å². The molecular weight excluding hydrogens is 266 g/mol. The lowest BCUT2D eigenvalue weighted by molar-refractivity contribution is 0.160. The second kappa shape index (κ2) is 8.20. The molecule has 108 valence electrons. The Morgan fingerprint density at radius 2 is 1.90 bits per heavy atom. The second-order valence-corrected chi connectivity index (χ2v) is 5.92. The molecule has 1 N–H and O–H groups in total. The van der Waals surface area contributed by atoms with Gasteiger partial charge in [0.2, 0.25) is 0 Å². The Balaban J connectivity index is 2.13. The van der Waals surface area contributed by atoms with Gasteiger partial charge in [0, 0.05) is 18.0 Å². The van der Waals surface area contributed by atoms with Gasteiger partial charge in [-0.15, -0.1) is 11.3 Å². The van der Waals surface area contributed by atoms with Crippen molar-refractivity contribution in [3.8, 4) is 0 Å². The summed E-state index contributed by atoms with van der Waals surface area (Å²) in [7, 11) is 1.76. The van der Waals surface area contributed by atoms with E-state index in [1.165, 1.54) is 16.9 Å². The molecule has 2 nitrogen and oxygen atoms in total. The van der Waals surface area contributed by atoms with E-state index in [0.717, 1.165) is 6.42 Å². The normalized spacial score (nSPS) is 14.1. The minimum Gasteiger partial charge on any atom is -0.383 e. The Morgan fingerprint density at radius 1 is 1.10 bits per heavy atom. The molecule has 1 heterocycles. The van der Waals surface area contributed by atoms with E-state index in [-0.39, 0.29) is 6.04 Å². The molecular formula is C17H23NOS. The van der Waals surface area contributed by atoms with E-state index in [2.05, 4.69) is 60.1 Å². The maximum absolute atomic E-state index is 5.40. The van der Waals surface area contributed by atoms with Crippen LogP contribution in [0, 0.1) is 0 Å². The van der Waals surface area contributed by atoms with Crippen LogP contribution in [-0.4, -0.2) is 13.7 Å². The molecule has 1 aromatic carbocycles. The van der Waals surface area contributed by atoms with E-state index in [9.17, 15) is 0 Å². The van der Waals surface area contributed by atoms with Gasteiger partial charge in [-0.3, -0.25) is 0 Å². The Kier molecular flexibility index (Phi) is 6.25. The van der Waals surface area contributed by atoms with E-state index in [1.807, 2.05) is 11.3 Å². The van der Waals surface area contributed by atoms with E-state index in [4.69, 9.17) is 4.74 Å². The summed E-state index contributed by atoms with van der Waals surface area (Å²) in [6, 6.07) is 15.5. The minimum atomic E-state index is 0.236. The van der Waals surface area contributed by atoms with Gasteiger partial charge in [-0.05, 0) is 23.4 Å². The highest BCUT2D eigenvalue weighted by Gasteiger charge is 2.18. The van der Waals surface area contributed by atoms with Gasteiger partial charge in [0.15, 0.2) is 0 Å². The van der Waals surface area contributed by atoms with Crippen molar-refractivity contribution < 1.29 is 4.74 Å². The van der Waals surface area contributed by atoms with E-state index < -0.39 is 0 Å². The first-order chi connectivity index (χ1) is 9.85. The molecule has 0 radical (unpaired) electrons. The Bertz CT molecular complexity index is 469. The first-order valence-electron chi connectivity index (χ1n) is 7.18. The van der Waals surface area contributed by atoms with Crippen LogP contribution in [0.15, 0.2) is 47.8 Å². The van der Waals surface area contributed by atoms with E-state index >= 15 is 0 Å². The van der Waals surface area contributed by atoms with Crippen molar-refractivity contribution in [1.82, 2.24) is 5.32 Å². The lowest BCUT2D eigenvalue weighted by Gasteiger charge is -2.25. The summed E-state index contributed by atoms with van der Waals surface area (Å²) in [5.74, 6) is 0. The smallest absolute Gasteiger partial charge is 0.0657 e. The quantitative estimate of drug-likeness (QED) is 0.769. The molecule has 0 fully saturated rings. The summed E-state index contributed by atoms with van der Waals surface area (Å²) >= 11 is 1.82. The number of methoxy groups -OCH3 is 1. The van der Waals surface area contributed by atoms with Crippen molar-refractivity contribution in [2.24, 2.45) is 0 Å². The minimum absolute atomic E-state index is 0.236. The van der Waals surface area contributed by atoms with Crippen molar-refractivity contribution in [2.45, 2.75) is 31.8 Å². The molecule has 0 aliphatic rings. The molecule has 20 heavy (non-hydrogen) atoms. The van der Waals surface area contributed by atoms with Crippen LogP contribution in [0.1, 0.15) is 42.3 Å². The van der Waals surface area contributed by atoms with Crippen molar-refractivity contribution >= 4 is 11.3 Å². The Hall–Kier alpha value is -1.16. The first kappa shape index (κ1) is 15.2. The molecule has 0 aliphatic heterocycles. The Labute approximate surface area is 125 Å². The zero-order valence-electron chi connectivity index (χ0n) is 12.2. The summed E-state index contributed by atoms with van der Waals surface area (Å²) in [6.45, 7) is 2.92. The third-order valence-corrected chi connectivity index (χ3v) is 4.39. The van der Waals surface area contributed by atoms with Crippen molar-refractivity contribution in [3.05, 3.63) is 58.3 Å². The third kappa shape index (κ3) is 4.17. The highest BCUT2D eigenvalue weighted by Crippen LogP contribution is 2.27. The number of hydrogen-bond acceptors (Lipinski definition) is 3. The molecule has 0 aliphatic carbocycles. The zero-order valence-corrected chi connectivity index (χ0v) is 13.0. The zero-order chi connectivity index (χ0) is 14.2. The average Bonchev–Trinajstić information content (AvgIpc) is 3.01. The number of thiophene rings is 1. The van der Waals surface area contributed by atoms with Crippen LogP contribution in [0.5, 0.6) is 0 Å². The van der Waals surface area contributed by atoms with Gasteiger partial charge < -0.3 is 10.1 Å². The van der Waals surface area contributed by atoms with Crippen LogP contribution in [0.25, 0.3) is 0 Å². The predicted molar refractivity (Wildman–Crippen MR) is 86.2 cm³/mol. The lowest BCUT2D eigenvalue weighted by atomic mass is 10.0. The fourth-order valence-electron chi connectivity index (χ4n) is 2.42. The van der Waals surface area contributed by atoms with Gasteiger partial charge in [-0.1, -0.05) is 49.7 Å². The van der Waals surface area contributed by atoms with Gasteiger partial charge in [0.1, 0.15) is 0 Å². The van der Waals surface area contributed by atoms with Gasteiger partial charge in [-0.25, -0.2) is 0 Å². The molecule has 0 amide bonds. The topological polar surface area (TPSA) is 21.3 Å². The molecule has 2 unspecified atom stereocenters. The van der Waals surface area contributed by atoms with Crippen molar-refractivity contribution in [3.63, 3.8) is 0 Å². The molecule has 2 aromatic rings. The van der Waals surface area contributed by atoms with Crippen molar-refractivity contribution in [1.29, 1.82) is 0 Å². The van der Waals surface area contributed by atoms with Gasteiger partial charge in [0.25, 0.3) is 0 Å². The van der Waals surface area contributed by atoms with E-state index in [0.29, 0.717) is 12.6 Å². The monoisotopic (exact) mass is 289 g/mol. The fraction of sp³-hybridized carbons (Fsp3) is 0.412. The molecule has 3 heteroatoms. The number of rotatable bonds is 8. The van der Waals surface area contributed by atoms with Crippen LogP contribution in [0.3, 0.4) is 0 Å². The number of benzene rings is 1. The highest BCUT2D eigenvalue weighted by atomic mass is 32.1. The third-order valence-electron chi connectivity index (χ3n) is 3.40. The molecule has 0 saturated carbocycles. The number of hydrogen-bond donors (Lipinski definition) is 1. The van der Waals surface area contributed by atoms with Crippen molar-refractivity contribution in [2.75, 3.05) is 13.7 Å². The summed E-state index contributed by atoms with van der Waals surface area (Å²) in [5, 5.41) is 5.91. The summed E-state index contributed by atoms with van der Waals surface area (Å²) in [4.78, 5) is 1.41. The van der Waals surface area contributed by atoms with E-state index in [1.54, 1.807) is 7.11 Å². The van der Waals surface area contributed by atoms with Gasteiger partial charge >= 0.3 is 0 Å². The van der Waals surface area contributed by atoms with Crippen LogP contribution < -0.4 is 5.32 Å². The maximum Gasteiger partial charge on any atom is 0.0657 e. The molecule has 2 rings (SSSR count). The average molecular weight is 289 g/mol. The van der Waals surface area contributed by atoms with Crippen LogP contribution in [0.2, 0.25) is 0 Å². The molecule has 2 atom stereocenters. The Morgan fingerprint density at radius 3 is 2.50 bits per heavy atom. The number of ether oxygens (including phenoxy) is 1.